The second-order valence-corrected chi connectivity index (χ2v) is 16.8. The lowest BCUT2D eigenvalue weighted by molar-refractivity contribution is -0.161. The standard InChI is InChI=1S/C36H68O14P2/c1-4-5-16-22-33-34(50-33)23-18-13-8-6-7-9-14-19-24-35(38)45-28-32(49-36(39)25-20-15-11-10-12-17-21-30(2)3)29-48-52(43,44)47-27-31(37)26-46-51(40,41)42/h13,18,30-34,37H,4-12,14-17,19-29H2,1-3H3,(H,43,44)(H2,40,41,42)/b18-13-/t31-,32+,33?,34?/m0/s1. The molecule has 0 aromatic rings. The molecule has 0 spiro atoms. The van der Waals surface area contributed by atoms with Gasteiger partial charge in [0, 0.05) is 12.8 Å². The summed E-state index contributed by atoms with van der Waals surface area (Å²) >= 11 is 0. The monoisotopic (exact) mass is 786 g/mol. The number of aliphatic hydroxyl groups excluding tert-OH is 1. The predicted molar refractivity (Wildman–Crippen MR) is 197 cm³/mol. The van der Waals surface area contributed by atoms with Crippen molar-refractivity contribution in [3.8, 4) is 0 Å². The maximum atomic E-state index is 12.5. The number of carbonyl (C=O) groups excluding carboxylic acids is 2. The molecule has 0 aromatic heterocycles. The molecule has 52 heavy (non-hydrogen) atoms. The second-order valence-electron chi connectivity index (χ2n) is 14.1. The smallest absolute Gasteiger partial charge is 0.462 e. The maximum Gasteiger partial charge on any atom is 0.472 e. The van der Waals surface area contributed by atoms with Crippen LogP contribution in [0.15, 0.2) is 12.2 Å². The molecule has 1 heterocycles. The number of phosphoric acid groups is 2. The van der Waals surface area contributed by atoms with Gasteiger partial charge in [0.2, 0.25) is 0 Å². The molecule has 5 atom stereocenters. The molecule has 0 bridgehead atoms. The predicted octanol–water partition coefficient (Wildman–Crippen LogP) is 7.85. The Morgan fingerprint density at radius 3 is 1.96 bits per heavy atom. The van der Waals surface area contributed by atoms with Crippen molar-refractivity contribution in [3.05, 3.63) is 12.2 Å². The topological polar surface area (TPSA) is 208 Å². The molecule has 1 rings (SSSR count). The van der Waals surface area contributed by atoms with E-state index in [1.165, 1.54) is 38.5 Å². The Kier molecular flexibility index (Phi) is 27.4. The summed E-state index contributed by atoms with van der Waals surface area (Å²) in [5.74, 6) is -0.368. The van der Waals surface area contributed by atoms with Crippen molar-refractivity contribution in [3.63, 3.8) is 0 Å². The van der Waals surface area contributed by atoms with Gasteiger partial charge in [-0.15, -0.1) is 0 Å². The summed E-state index contributed by atoms with van der Waals surface area (Å²) < 4.78 is 53.2. The van der Waals surface area contributed by atoms with Gasteiger partial charge in [-0.3, -0.25) is 23.2 Å². The minimum absolute atomic E-state index is 0.125. The first-order valence-electron chi connectivity index (χ1n) is 19.4. The van der Waals surface area contributed by atoms with Gasteiger partial charge in [0.1, 0.15) is 12.7 Å². The highest BCUT2D eigenvalue weighted by Gasteiger charge is 2.36. The molecule has 0 radical (unpaired) electrons. The van der Waals surface area contributed by atoms with Gasteiger partial charge >= 0.3 is 27.6 Å². The number of ether oxygens (including phenoxy) is 3. The quantitative estimate of drug-likeness (QED) is 0.0159. The summed E-state index contributed by atoms with van der Waals surface area (Å²) in [5, 5.41) is 9.70. The fraction of sp³-hybridized carbons (Fsp3) is 0.889. The van der Waals surface area contributed by atoms with Crippen molar-refractivity contribution in [2.24, 2.45) is 5.92 Å². The third-order valence-corrected chi connectivity index (χ3v) is 9.93. The Morgan fingerprint density at radius 1 is 0.712 bits per heavy atom. The van der Waals surface area contributed by atoms with Gasteiger partial charge in [-0.1, -0.05) is 110 Å². The number of carbonyl (C=O) groups is 2. The number of hydrogen-bond donors (Lipinski definition) is 4. The van der Waals surface area contributed by atoms with Crippen molar-refractivity contribution in [2.45, 2.75) is 174 Å². The molecule has 0 aliphatic carbocycles. The van der Waals surface area contributed by atoms with E-state index in [1.807, 2.05) is 0 Å². The molecule has 1 aliphatic heterocycles. The summed E-state index contributed by atoms with van der Waals surface area (Å²) in [6, 6.07) is 0. The highest BCUT2D eigenvalue weighted by atomic mass is 31.2. The van der Waals surface area contributed by atoms with E-state index in [9.17, 15) is 28.7 Å². The van der Waals surface area contributed by atoms with Gasteiger partial charge in [-0.2, -0.15) is 0 Å². The number of unbranched alkanes of at least 4 members (excludes halogenated alkanes) is 12. The molecule has 0 saturated carbocycles. The number of esters is 2. The summed E-state index contributed by atoms with van der Waals surface area (Å²) in [6.45, 7) is 3.89. The normalized spacial score (nSPS) is 18.4. The van der Waals surface area contributed by atoms with E-state index in [-0.39, 0.29) is 12.8 Å². The summed E-state index contributed by atoms with van der Waals surface area (Å²) in [6.07, 6.45) is 21.4. The number of rotatable bonds is 35. The Hall–Kier alpha value is -1.18. The first kappa shape index (κ1) is 48.8. The average Bonchev–Trinajstić information content (AvgIpc) is 3.83. The van der Waals surface area contributed by atoms with Gasteiger partial charge in [0.05, 0.1) is 32.0 Å². The van der Waals surface area contributed by atoms with Crippen LogP contribution < -0.4 is 0 Å². The zero-order chi connectivity index (χ0) is 38.7. The highest BCUT2D eigenvalue weighted by Crippen LogP contribution is 2.44. The van der Waals surface area contributed by atoms with Gasteiger partial charge in [0.15, 0.2) is 6.10 Å². The molecular weight excluding hydrogens is 718 g/mol. The third-order valence-electron chi connectivity index (χ3n) is 8.50. The SMILES string of the molecule is CCCCCC1OC1C/C=C\CCCCCCCC(=O)OC[C@H](COP(=O)(O)OC[C@@H](O)COP(=O)(O)O)OC(=O)CCCCCCCCC(C)C. The molecule has 4 N–H and O–H groups in total. The van der Waals surface area contributed by atoms with E-state index < -0.39 is 66.2 Å². The van der Waals surface area contributed by atoms with Crippen LogP contribution in [0.25, 0.3) is 0 Å². The van der Waals surface area contributed by atoms with Crippen LogP contribution in [-0.2, 0) is 46.5 Å². The summed E-state index contributed by atoms with van der Waals surface area (Å²) in [7, 11) is -9.66. The van der Waals surface area contributed by atoms with Gasteiger partial charge in [0.25, 0.3) is 0 Å². The maximum absolute atomic E-state index is 12.5. The number of phosphoric ester groups is 2. The molecule has 306 valence electrons. The molecular formula is C36H68O14P2. The van der Waals surface area contributed by atoms with Crippen LogP contribution in [0.5, 0.6) is 0 Å². The number of allylic oxidation sites excluding steroid dienone is 1. The second kappa shape index (κ2) is 29.2. The minimum atomic E-state index is -4.86. The summed E-state index contributed by atoms with van der Waals surface area (Å²) in [5.41, 5.74) is 0. The summed E-state index contributed by atoms with van der Waals surface area (Å²) in [4.78, 5) is 52.4. The van der Waals surface area contributed by atoms with Gasteiger partial charge in [-0.25, -0.2) is 9.13 Å². The zero-order valence-electron chi connectivity index (χ0n) is 31.8. The van der Waals surface area contributed by atoms with E-state index in [4.69, 9.17) is 28.5 Å². The van der Waals surface area contributed by atoms with Crippen molar-refractivity contribution in [2.75, 3.05) is 26.4 Å². The number of aliphatic hydroxyl groups is 1. The van der Waals surface area contributed by atoms with Crippen LogP contribution in [0.4, 0.5) is 0 Å². The number of epoxide rings is 1. The molecule has 1 fully saturated rings. The molecule has 1 saturated heterocycles. The lowest BCUT2D eigenvalue weighted by Crippen LogP contribution is -2.30. The van der Waals surface area contributed by atoms with Crippen LogP contribution in [0.2, 0.25) is 0 Å². The first-order valence-corrected chi connectivity index (χ1v) is 22.4. The van der Waals surface area contributed by atoms with Gasteiger partial charge < -0.3 is 34.0 Å². The van der Waals surface area contributed by atoms with Crippen molar-refractivity contribution in [1.29, 1.82) is 0 Å². The van der Waals surface area contributed by atoms with E-state index >= 15 is 0 Å². The lowest BCUT2D eigenvalue weighted by atomic mass is 10.0. The molecule has 0 aromatic carbocycles. The van der Waals surface area contributed by atoms with Crippen molar-refractivity contribution < 1.29 is 66.3 Å². The molecule has 3 unspecified atom stereocenters. The average molecular weight is 787 g/mol. The fourth-order valence-corrected chi connectivity index (χ4v) is 6.58. The van der Waals surface area contributed by atoms with E-state index in [0.29, 0.717) is 31.0 Å². The van der Waals surface area contributed by atoms with Crippen molar-refractivity contribution >= 4 is 27.6 Å². The molecule has 1 aliphatic rings. The fourth-order valence-electron chi connectivity index (χ4n) is 5.42. The Balaban J connectivity index is 2.37. The Morgan fingerprint density at radius 2 is 1.31 bits per heavy atom. The number of hydrogen-bond acceptors (Lipinski definition) is 11. The molecule has 0 amide bonds. The van der Waals surface area contributed by atoms with Gasteiger partial charge in [-0.05, 0) is 44.4 Å². The Bertz CT molecular complexity index is 1070. The zero-order valence-corrected chi connectivity index (χ0v) is 33.6. The van der Waals surface area contributed by atoms with Crippen LogP contribution in [-0.4, -0.2) is 82.6 Å². The molecule has 16 heteroatoms. The van der Waals surface area contributed by atoms with Crippen LogP contribution in [0, 0.1) is 5.92 Å². The van der Waals surface area contributed by atoms with E-state index in [1.54, 1.807) is 0 Å². The van der Waals surface area contributed by atoms with Crippen LogP contribution in [0.1, 0.15) is 149 Å². The largest absolute Gasteiger partial charge is 0.472 e. The third kappa shape index (κ3) is 30.2. The minimum Gasteiger partial charge on any atom is -0.462 e. The van der Waals surface area contributed by atoms with Crippen molar-refractivity contribution in [1.82, 2.24) is 0 Å². The van der Waals surface area contributed by atoms with Crippen LogP contribution >= 0.6 is 15.6 Å². The highest BCUT2D eigenvalue weighted by molar-refractivity contribution is 7.47. The van der Waals surface area contributed by atoms with E-state index in [2.05, 4.69) is 42.0 Å². The van der Waals surface area contributed by atoms with Crippen LogP contribution in [0.3, 0.4) is 0 Å². The molecule has 14 nitrogen and oxygen atoms in total. The van der Waals surface area contributed by atoms with E-state index in [0.717, 1.165) is 64.2 Å². The Labute approximate surface area is 311 Å². The first-order chi connectivity index (χ1) is 24.7. The lowest BCUT2D eigenvalue weighted by Gasteiger charge is -2.20.